The molecule has 2 N–H and O–H groups in total. The highest BCUT2D eigenvalue weighted by Gasteiger charge is 2.42. The number of carbonyl (C=O) groups is 1. The second-order valence-electron chi connectivity index (χ2n) is 8.68. The Morgan fingerprint density at radius 1 is 1.06 bits per heavy atom. The van der Waals surface area contributed by atoms with Crippen LogP contribution in [0.15, 0.2) is 79.0 Å². The van der Waals surface area contributed by atoms with Crippen LogP contribution in [0.2, 0.25) is 0 Å². The third kappa shape index (κ3) is 3.99. The molecule has 0 spiro atoms. The van der Waals surface area contributed by atoms with Crippen molar-refractivity contribution >= 4 is 29.0 Å². The Morgan fingerprint density at radius 2 is 1.78 bits per heavy atom. The lowest BCUT2D eigenvalue weighted by molar-refractivity contribution is 0.0697. The standard InChI is InChI=1S/C28H26N4O3S/c1-17-16-22(18(2)31(17)24-10-5-4-8-21(24)27(33)34)26-25(23-9-6-7-15-29-23)30-28(36)32(26)19-11-13-20(35-3)14-12-19/h4-16,25-26H,1-3H3,(H,30,36)(H,33,34)/t25-,26+/m0/s1. The molecular weight excluding hydrogens is 472 g/mol. The first-order valence-electron chi connectivity index (χ1n) is 11.6. The molecule has 1 aliphatic heterocycles. The maximum Gasteiger partial charge on any atom is 0.337 e. The summed E-state index contributed by atoms with van der Waals surface area (Å²) in [5, 5.41) is 13.9. The van der Waals surface area contributed by atoms with Crippen molar-refractivity contribution in [2.75, 3.05) is 12.0 Å². The van der Waals surface area contributed by atoms with E-state index in [4.69, 9.17) is 17.0 Å². The second kappa shape index (κ2) is 9.47. The molecule has 7 nitrogen and oxygen atoms in total. The van der Waals surface area contributed by atoms with Crippen LogP contribution in [-0.4, -0.2) is 32.8 Å². The van der Waals surface area contributed by atoms with Gasteiger partial charge in [-0.2, -0.15) is 0 Å². The molecule has 4 aromatic rings. The van der Waals surface area contributed by atoms with Gasteiger partial charge in [0.1, 0.15) is 5.75 Å². The minimum absolute atomic E-state index is 0.204. The number of thiocarbonyl (C=S) groups is 1. The lowest BCUT2D eigenvalue weighted by atomic mass is 9.96. The Bertz CT molecular complexity index is 1430. The highest BCUT2D eigenvalue weighted by atomic mass is 32.1. The third-order valence-electron chi connectivity index (χ3n) is 6.61. The van der Waals surface area contributed by atoms with E-state index in [1.54, 1.807) is 25.4 Å². The van der Waals surface area contributed by atoms with Crippen molar-refractivity contribution < 1.29 is 14.6 Å². The van der Waals surface area contributed by atoms with Gasteiger partial charge >= 0.3 is 5.97 Å². The van der Waals surface area contributed by atoms with Crippen LogP contribution in [0.25, 0.3) is 5.69 Å². The zero-order chi connectivity index (χ0) is 25.4. The van der Waals surface area contributed by atoms with Crippen LogP contribution in [0, 0.1) is 13.8 Å². The lowest BCUT2D eigenvalue weighted by Crippen LogP contribution is -2.29. The number of aromatic nitrogens is 2. The van der Waals surface area contributed by atoms with E-state index in [2.05, 4.69) is 21.3 Å². The van der Waals surface area contributed by atoms with Crippen molar-refractivity contribution in [2.45, 2.75) is 25.9 Å². The van der Waals surface area contributed by atoms with Gasteiger partial charge in [0.25, 0.3) is 0 Å². The van der Waals surface area contributed by atoms with Crippen LogP contribution < -0.4 is 15.0 Å². The summed E-state index contributed by atoms with van der Waals surface area (Å²) >= 11 is 5.84. The van der Waals surface area contributed by atoms with Crippen molar-refractivity contribution in [3.63, 3.8) is 0 Å². The van der Waals surface area contributed by atoms with Crippen LogP contribution in [0.1, 0.15) is 45.1 Å². The van der Waals surface area contributed by atoms with Crippen molar-refractivity contribution in [3.05, 3.63) is 107 Å². The average molecular weight is 499 g/mol. The number of ether oxygens (including phenoxy) is 1. The Kier molecular flexibility index (Phi) is 6.20. The molecule has 0 unspecified atom stereocenters. The smallest absolute Gasteiger partial charge is 0.337 e. The van der Waals surface area contributed by atoms with Gasteiger partial charge in [0.05, 0.1) is 36.1 Å². The number of nitrogens with zero attached hydrogens (tertiary/aromatic N) is 3. The Balaban J connectivity index is 1.69. The average Bonchev–Trinajstić information content (AvgIpc) is 3.39. The highest BCUT2D eigenvalue weighted by molar-refractivity contribution is 7.80. The van der Waals surface area contributed by atoms with Crippen molar-refractivity contribution in [2.24, 2.45) is 0 Å². The fourth-order valence-electron chi connectivity index (χ4n) is 5.00. The van der Waals surface area contributed by atoms with E-state index in [0.29, 0.717) is 10.8 Å². The molecule has 2 aromatic carbocycles. The number of nitrogens with one attached hydrogen (secondary N) is 1. The molecule has 36 heavy (non-hydrogen) atoms. The van der Waals surface area contributed by atoms with E-state index < -0.39 is 5.97 Å². The van der Waals surface area contributed by atoms with E-state index in [1.807, 2.05) is 73.0 Å². The van der Waals surface area contributed by atoms with Crippen molar-refractivity contribution in [1.82, 2.24) is 14.9 Å². The number of carboxylic acid groups (broad SMARTS) is 1. The number of hydrogen-bond donors (Lipinski definition) is 2. The first kappa shape index (κ1) is 23.6. The minimum Gasteiger partial charge on any atom is -0.497 e. The number of hydrogen-bond acceptors (Lipinski definition) is 4. The van der Waals surface area contributed by atoms with E-state index in [0.717, 1.165) is 34.1 Å². The molecule has 0 aliphatic carbocycles. The maximum atomic E-state index is 12.0. The number of aromatic carboxylic acids is 1. The monoisotopic (exact) mass is 498 g/mol. The molecule has 5 rings (SSSR count). The molecule has 0 saturated carbocycles. The number of aryl methyl sites for hydroxylation is 1. The zero-order valence-electron chi connectivity index (χ0n) is 20.2. The predicted octanol–water partition coefficient (Wildman–Crippen LogP) is 5.37. The number of methoxy groups -OCH3 is 1. The molecule has 1 aliphatic rings. The molecule has 182 valence electrons. The van der Waals surface area contributed by atoms with Gasteiger partial charge in [-0.3, -0.25) is 4.98 Å². The van der Waals surface area contributed by atoms with E-state index in [9.17, 15) is 9.90 Å². The maximum absolute atomic E-state index is 12.0. The molecule has 3 heterocycles. The van der Waals surface area contributed by atoms with Crippen molar-refractivity contribution in [3.8, 4) is 11.4 Å². The van der Waals surface area contributed by atoms with Gasteiger partial charge in [-0.1, -0.05) is 18.2 Å². The van der Waals surface area contributed by atoms with Crippen LogP contribution in [0.5, 0.6) is 5.75 Å². The van der Waals surface area contributed by atoms with Crippen LogP contribution in [0.3, 0.4) is 0 Å². The summed E-state index contributed by atoms with van der Waals surface area (Å²) in [5.74, 6) is -0.201. The van der Waals surface area contributed by atoms with E-state index in [-0.39, 0.29) is 17.6 Å². The van der Waals surface area contributed by atoms with Crippen LogP contribution in [0.4, 0.5) is 5.69 Å². The van der Waals surface area contributed by atoms with Gasteiger partial charge in [0, 0.05) is 23.3 Å². The van der Waals surface area contributed by atoms with Crippen LogP contribution in [-0.2, 0) is 0 Å². The summed E-state index contributed by atoms with van der Waals surface area (Å²) in [7, 11) is 1.64. The first-order valence-corrected chi connectivity index (χ1v) is 12.0. The molecule has 2 atom stereocenters. The minimum atomic E-state index is -0.963. The lowest BCUT2D eigenvalue weighted by Gasteiger charge is -2.28. The third-order valence-corrected chi connectivity index (χ3v) is 6.93. The molecule has 0 amide bonds. The fraction of sp³-hybridized carbons (Fsp3) is 0.179. The molecule has 0 bridgehead atoms. The fourth-order valence-corrected chi connectivity index (χ4v) is 5.34. The molecule has 1 saturated heterocycles. The largest absolute Gasteiger partial charge is 0.497 e. The number of carboxylic acids is 1. The van der Waals surface area contributed by atoms with Gasteiger partial charge in [0.2, 0.25) is 0 Å². The van der Waals surface area contributed by atoms with Gasteiger partial charge in [-0.25, -0.2) is 4.79 Å². The topological polar surface area (TPSA) is 79.6 Å². The molecule has 0 radical (unpaired) electrons. The number of anilines is 1. The zero-order valence-corrected chi connectivity index (χ0v) is 21.0. The summed E-state index contributed by atoms with van der Waals surface area (Å²) in [6, 6.07) is 22.4. The summed E-state index contributed by atoms with van der Waals surface area (Å²) < 4.78 is 7.35. The van der Waals surface area contributed by atoms with E-state index >= 15 is 0 Å². The summed E-state index contributed by atoms with van der Waals surface area (Å²) in [6.45, 7) is 4.01. The molecule has 2 aromatic heterocycles. The number of pyridine rings is 1. The molecular formula is C28H26N4O3S. The number of rotatable bonds is 6. The van der Waals surface area contributed by atoms with E-state index in [1.165, 1.54) is 0 Å². The summed E-state index contributed by atoms with van der Waals surface area (Å²) in [4.78, 5) is 18.7. The Hall–Kier alpha value is -4.17. The normalized spacial score (nSPS) is 17.2. The highest BCUT2D eigenvalue weighted by Crippen LogP contribution is 2.44. The second-order valence-corrected chi connectivity index (χ2v) is 9.07. The van der Waals surface area contributed by atoms with Crippen LogP contribution >= 0.6 is 12.2 Å². The quantitative estimate of drug-likeness (QED) is 0.346. The van der Waals surface area contributed by atoms with Gasteiger partial charge in [0.15, 0.2) is 5.11 Å². The predicted molar refractivity (Wildman–Crippen MR) is 143 cm³/mol. The Labute approximate surface area is 215 Å². The summed E-state index contributed by atoms with van der Waals surface area (Å²) in [5.41, 5.74) is 5.58. The first-order chi connectivity index (χ1) is 17.4. The van der Waals surface area contributed by atoms with Gasteiger partial charge in [-0.15, -0.1) is 0 Å². The van der Waals surface area contributed by atoms with Gasteiger partial charge in [-0.05, 0) is 86.2 Å². The molecule has 1 fully saturated rings. The SMILES string of the molecule is COc1ccc(N2C(=S)N[C@@H](c3ccccn3)[C@H]2c2cc(C)n(-c3ccccc3C(=O)O)c2C)cc1. The van der Waals surface area contributed by atoms with Crippen molar-refractivity contribution in [1.29, 1.82) is 0 Å². The number of para-hydroxylation sites is 1. The summed E-state index contributed by atoms with van der Waals surface area (Å²) in [6.07, 6.45) is 1.78. The molecule has 8 heteroatoms. The Morgan fingerprint density at radius 3 is 2.44 bits per heavy atom. The number of benzene rings is 2. The van der Waals surface area contributed by atoms with Gasteiger partial charge < -0.3 is 24.6 Å².